The molecule has 2 heterocycles. The molecule has 0 spiro atoms. The number of nitrogens with one attached hydrogen (secondary N) is 1. The molecule has 0 aliphatic carbocycles. The van der Waals surface area contributed by atoms with Gasteiger partial charge in [0.2, 0.25) is 0 Å². The lowest BCUT2D eigenvalue weighted by Crippen LogP contribution is -2.14. The number of amides is 1. The number of carbonyl (C=O) groups is 1. The van der Waals surface area contributed by atoms with E-state index in [0.29, 0.717) is 11.4 Å². The Morgan fingerprint density at radius 2 is 1.81 bits per heavy atom. The molecule has 158 valence electrons. The summed E-state index contributed by atoms with van der Waals surface area (Å²) in [4.78, 5) is 12.8. The summed E-state index contributed by atoms with van der Waals surface area (Å²) in [7, 11) is 1.34. The second-order valence-corrected chi connectivity index (χ2v) is 6.30. The lowest BCUT2D eigenvalue weighted by atomic mass is 10.2. The fourth-order valence-electron chi connectivity index (χ4n) is 2.82. The van der Waals surface area contributed by atoms with Gasteiger partial charge in [0.25, 0.3) is 5.91 Å². The first-order valence-corrected chi connectivity index (χ1v) is 8.81. The number of carbonyl (C=O) groups excluding carboxylic acids is 1. The summed E-state index contributed by atoms with van der Waals surface area (Å²) in [6.45, 7) is 0. The minimum Gasteiger partial charge on any atom is -0.493 e. The molecule has 0 saturated carbocycles. The second-order valence-electron chi connectivity index (χ2n) is 6.30. The van der Waals surface area contributed by atoms with E-state index in [2.05, 4.69) is 25.9 Å². The Morgan fingerprint density at radius 3 is 2.48 bits per heavy atom. The maximum absolute atomic E-state index is 13.0. The Labute approximate surface area is 173 Å². The van der Waals surface area contributed by atoms with Crippen molar-refractivity contribution in [2.45, 2.75) is 6.18 Å². The van der Waals surface area contributed by atoms with Crippen LogP contribution in [0.4, 0.5) is 18.9 Å². The first kappa shape index (κ1) is 20.1. The highest BCUT2D eigenvalue weighted by Gasteiger charge is 2.30. The molecule has 0 bridgehead atoms. The normalized spacial score (nSPS) is 11.4. The van der Waals surface area contributed by atoms with Crippen LogP contribution < -0.4 is 10.1 Å². The molecule has 0 aliphatic heterocycles. The fourth-order valence-corrected chi connectivity index (χ4v) is 2.82. The summed E-state index contributed by atoms with van der Waals surface area (Å²) in [5, 5.41) is 17.7. The van der Waals surface area contributed by atoms with E-state index in [0.717, 1.165) is 16.8 Å². The smallest absolute Gasteiger partial charge is 0.416 e. The fraction of sp³-hybridized carbons (Fsp3) is 0.105. The summed E-state index contributed by atoms with van der Waals surface area (Å²) in [6.07, 6.45) is -1.76. The number of hydrogen-bond donors (Lipinski definition) is 1. The van der Waals surface area contributed by atoms with Crippen molar-refractivity contribution < 1.29 is 22.7 Å². The van der Waals surface area contributed by atoms with Crippen molar-refractivity contribution in [1.82, 2.24) is 30.0 Å². The van der Waals surface area contributed by atoms with Crippen LogP contribution in [-0.2, 0) is 6.18 Å². The van der Waals surface area contributed by atoms with Gasteiger partial charge in [0.15, 0.2) is 11.4 Å². The average Bonchev–Trinajstić information content (AvgIpc) is 3.43. The molecule has 1 amide bonds. The topological polar surface area (TPSA) is 99.8 Å². The molecule has 0 atom stereocenters. The minimum absolute atomic E-state index is 0.0901. The highest BCUT2D eigenvalue weighted by Crippen LogP contribution is 2.31. The number of aromatic nitrogens is 6. The molecule has 2 aromatic heterocycles. The molecule has 0 saturated heterocycles. The first-order chi connectivity index (χ1) is 14.8. The third-order valence-electron chi connectivity index (χ3n) is 4.27. The molecule has 0 fully saturated rings. The zero-order valence-corrected chi connectivity index (χ0v) is 15.9. The standard InChI is InChI=1S/C19H14F3N7O2/c1-31-16-10-28(14-6-2-4-12(8-14)19(20,21)22)25-17(16)18(30)24-13-5-3-7-15(9-13)29-11-23-26-27-29/h2-11H,1H3,(H,24,30). The Bertz CT molecular complexity index is 1220. The Morgan fingerprint density at radius 1 is 1.06 bits per heavy atom. The van der Waals surface area contributed by atoms with Crippen molar-refractivity contribution >= 4 is 11.6 Å². The molecule has 2 aromatic carbocycles. The van der Waals surface area contributed by atoms with Crippen LogP contribution in [0.3, 0.4) is 0 Å². The van der Waals surface area contributed by atoms with Gasteiger partial charge in [-0.25, -0.2) is 9.36 Å². The van der Waals surface area contributed by atoms with Crippen LogP contribution in [0.1, 0.15) is 16.1 Å². The summed E-state index contributed by atoms with van der Waals surface area (Å²) in [6, 6.07) is 11.3. The maximum Gasteiger partial charge on any atom is 0.416 e. The highest BCUT2D eigenvalue weighted by molar-refractivity contribution is 6.04. The van der Waals surface area contributed by atoms with E-state index in [4.69, 9.17) is 4.74 Å². The average molecular weight is 429 g/mol. The third-order valence-corrected chi connectivity index (χ3v) is 4.27. The molecular weight excluding hydrogens is 415 g/mol. The van der Waals surface area contributed by atoms with Gasteiger partial charge < -0.3 is 10.1 Å². The number of anilines is 1. The molecule has 4 rings (SSSR count). The Kier molecular flexibility index (Phi) is 5.11. The second kappa shape index (κ2) is 7.89. The van der Waals surface area contributed by atoms with Crippen molar-refractivity contribution in [3.63, 3.8) is 0 Å². The number of halogens is 3. The summed E-state index contributed by atoms with van der Waals surface area (Å²) in [5.41, 5.74) is 0.267. The van der Waals surface area contributed by atoms with Crippen LogP contribution in [-0.4, -0.2) is 43.0 Å². The number of rotatable bonds is 5. The van der Waals surface area contributed by atoms with Gasteiger partial charge in [-0.2, -0.15) is 18.3 Å². The van der Waals surface area contributed by atoms with Crippen LogP contribution in [0.5, 0.6) is 5.75 Å². The van der Waals surface area contributed by atoms with Crippen LogP contribution in [0, 0.1) is 0 Å². The van der Waals surface area contributed by atoms with Crippen molar-refractivity contribution in [2.24, 2.45) is 0 Å². The number of ether oxygens (including phenoxy) is 1. The van der Waals surface area contributed by atoms with E-state index in [9.17, 15) is 18.0 Å². The van der Waals surface area contributed by atoms with Gasteiger partial charge in [0.1, 0.15) is 6.33 Å². The van der Waals surface area contributed by atoms with E-state index < -0.39 is 17.6 Å². The zero-order chi connectivity index (χ0) is 22.0. The van der Waals surface area contributed by atoms with Gasteiger partial charge >= 0.3 is 6.18 Å². The third kappa shape index (κ3) is 4.22. The molecule has 1 N–H and O–H groups in total. The maximum atomic E-state index is 13.0. The first-order valence-electron chi connectivity index (χ1n) is 8.81. The van der Waals surface area contributed by atoms with E-state index in [1.165, 1.54) is 36.4 Å². The van der Waals surface area contributed by atoms with Crippen molar-refractivity contribution in [3.8, 4) is 17.1 Å². The predicted molar refractivity (Wildman–Crippen MR) is 102 cm³/mol. The van der Waals surface area contributed by atoms with Crippen molar-refractivity contribution in [1.29, 1.82) is 0 Å². The molecule has 31 heavy (non-hydrogen) atoms. The zero-order valence-electron chi connectivity index (χ0n) is 15.9. The Balaban J connectivity index is 1.61. The quantitative estimate of drug-likeness (QED) is 0.523. The number of nitrogens with zero attached hydrogens (tertiary/aromatic N) is 6. The molecule has 0 radical (unpaired) electrons. The summed E-state index contributed by atoms with van der Waals surface area (Å²) >= 11 is 0. The van der Waals surface area contributed by atoms with Gasteiger partial charge in [-0.05, 0) is 46.8 Å². The lowest BCUT2D eigenvalue weighted by molar-refractivity contribution is -0.137. The molecule has 0 aliphatic rings. The Hall–Kier alpha value is -4.22. The number of alkyl halides is 3. The van der Waals surface area contributed by atoms with Crippen LogP contribution in [0.2, 0.25) is 0 Å². The lowest BCUT2D eigenvalue weighted by Gasteiger charge is -2.08. The summed E-state index contributed by atoms with van der Waals surface area (Å²) in [5.74, 6) is -0.497. The predicted octanol–water partition coefficient (Wildman–Crippen LogP) is 3.13. The minimum atomic E-state index is -4.50. The monoisotopic (exact) mass is 429 g/mol. The van der Waals surface area contributed by atoms with Gasteiger partial charge in [0.05, 0.1) is 30.2 Å². The van der Waals surface area contributed by atoms with Gasteiger partial charge in [0, 0.05) is 5.69 Å². The molecule has 0 unspecified atom stereocenters. The summed E-state index contributed by atoms with van der Waals surface area (Å²) < 4.78 is 46.8. The van der Waals surface area contributed by atoms with E-state index in [1.807, 2.05) is 0 Å². The number of methoxy groups -OCH3 is 1. The van der Waals surface area contributed by atoms with E-state index >= 15 is 0 Å². The van der Waals surface area contributed by atoms with Gasteiger partial charge in [-0.1, -0.05) is 12.1 Å². The molecule has 9 nitrogen and oxygen atoms in total. The highest BCUT2D eigenvalue weighted by atomic mass is 19.4. The van der Waals surface area contributed by atoms with Crippen molar-refractivity contribution in [3.05, 3.63) is 72.3 Å². The van der Waals surface area contributed by atoms with E-state index in [-0.39, 0.29) is 17.1 Å². The van der Waals surface area contributed by atoms with Crippen molar-refractivity contribution in [2.75, 3.05) is 12.4 Å². The van der Waals surface area contributed by atoms with Crippen LogP contribution in [0.15, 0.2) is 61.1 Å². The number of benzene rings is 2. The number of tetrazole rings is 1. The SMILES string of the molecule is COc1cn(-c2cccc(C(F)(F)F)c2)nc1C(=O)Nc1cccc(-n2cnnn2)c1. The number of hydrogen-bond acceptors (Lipinski definition) is 6. The van der Waals surface area contributed by atoms with Crippen LogP contribution in [0.25, 0.3) is 11.4 Å². The molecular formula is C19H14F3N7O2. The van der Waals surface area contributed by atoms with E-state index in [1.54, 1.807) is 24.3 Å². The largest absolute Gasteiger partial charge is 0.493 e. The van der Waals surface area contributed by atoms with Gasteiger partial charge in [-0.3, -0.25) is 4.79 Å². The molecule has 4 aromatic rings. The van der Waals surface area contributed by atoms with Gasteiger partial charge in [-0.15, -0.1) is 5.10 Å². The van der Waals surface area contributed by atoms with Crippen LogP contribution >= 0.6 is 0 Å². The molecule has 12 heteroatoms.